The van der Waals surface area contributed by atoms with Gasteiger partial charge in [0.05, 0.1) is 6.54 Å². The molecule has 0 aromatic heterocycles. The third kappa shape index (κ3) is 6.30. The zero-order valence-electron chi connectivity index (χ0n) is 17.5. The number of likely N-dealkylation sites (N-methyl/N-ethyl adjacent to an activating group) is 1. The standard InChI is InChI=1S/C21H30N4O4/c1-14(2)12-17(21(29)24(3)4)23-18(26)13-22-20(28)15-7-9-16(10-8-15)25-11-5-6-19(25)27/h7-10,14,17H,5-6,11-13H2,1-4H3,(H,22,28)(H,23,26)/t17-/m0/s1. The van der Waals surface area contributed by atoms with E-state index in [2.05, 4.69) is 10.6 Å². The number of carbonyl (C=O) groups excluding carboxylic acids is 4. The summed E-state index contributed by atoms with van der Waals surface area (Å²) in [5.74, 6) is -0.662. The van der Waals surface area contributed by atoms with Gasteiger partial charge in [0, 0.05) is 38.3 Å². The Kier molecular flexibility index (Phi) is 7.75. The fourth-order valence-electron chi connectivity index (χ4n) is 3.23. The lowest BCUT2D eigenvalue weighted by molar-refractivity contribution is -0.134. The lowest BCUT2D eigenvalue weighted by Gasteiger charge is -2.23. The Bertz CT molecular complexity index is 758. The minimum absolute atomic E-state index is 0.0853. The van der Waals surface area contributed by atoms with Crippen LogP contribution in [-0.4, -0.2) is 61.8 Å². The van der Waals surface area contributed by atoms with Gasteiger partial charge in [-0.25, -0.2) is 0 Å². The zero-order chi connectivity index (χ0) is 21.6. The summed E-state index contributed by atoms with van der Waals surface area (Å²) in [6.07, 6.45) is 1.91. The van der Waals surface area contributed by atoms with E-state index in [1.54, 1.807) is 43.3 Å². The molecule has 1 saturated heterocycles. The van der Waals surface area contributed by atoms with Crippen LogP contribution < -0.4 is 15.5 Å². The molecule has 4 amide bonds. The number of anilines is 1. The fourth-order valence-corrected chi connectivity index (χ4v) is 3.23. The first-order valence-corrected chi connectivity index (χ1v) is 9.88. The highest BCUT2D eigenvalue weighted by Gasteiger charge is 2.24. The van der Waals surface area contributed by atoms with Gasteiger partial charge in [0.2, 0.25) is 17.7 Å². The minimum atomic E-state index is -0.619. The van der Waals surface area contributed by atoms with E-state index in [-0.39, 0.29) is 24.3 Å². The van der Waals surface area contributed by atoms with Crippen molar-refractivity contribution in [3.05, 3.63) is 29.8 Å². The number of amides is 4. The molecular weight excluding hydrogens is 372 g/mol. The van der Waals surface area contributed by atoms with Gasteiger partial charge in [-0.05, 0) is 43.0 Å². The van der Waals surface area contributed by atoms with Gasteiger partial charge in [0.25, 0.3) is 5.91 Å². The monoisotopic (exact) mass is 402 g/mol. The Morgan fingerprint density at radius 3 is 2.31 bits per heavy atom. The van der Waals surface area contributed by atoms with Crippen molar-refractivity contribution in [2.75, 3.05) is 32.1 Å². The van der Waals surface area contributed by atoms with Crippen LogP contribution in [0.4, 0.5) is 5.69 Å². The molecule has 1 fully saturated rings. The number of rotatable bonds is 8. The van der Waals surface area contributed by atoms with Gasteiger partial charge >= 0.3 is 0 Å². The van der Waals surface area contributed by atoms with Gasteiger partial charge in [0.1, 0.15) is 6.04 Å². The molecule has 1 aliphatic heterocycles. The number of carbonyl (C=O) groups is 4. The summed E-state index contributed by atoms with van der Waals surface area (Å²) in [4.78, 5) is 51.7. The maximum atomic E-state index is 12.3. The van der Waals surface area contributed by atoms with Crippen LogP contribution in [0.15, 0.2) is 24.3 Å². The van der Waals surface area contributed by atoms with E-state index in [0.29, 0.717) is 24.9 Å². The molecule has 158 valence electrons. The van der Waals surface area contributed by atoms with Gasteiger partial charge in [0.15, 0.2) is 0 Å². The quantitative estimate of drug-likeness (QED) is 0.682. The molecule has 1 aromatic carbocycles. The third-order valence-electron chi connectivity index (χ3n) is 4.71. The molecule has 0 unspecified atom stereocenters. The van der Waals surface area contributed by atoms with Crippen molar-refractivity contribution in [3.63, 3.8) is 0 Å². The number of hydrogen-bond acceptors (Lipinski definition) is 4. The molecule has 1 aromatic rings. The Balaban J connectivity index is 1.89. The first-order chi connectivity index (χ1) is 13.7. The molecule has 1 aliphatic rings. The molecule has 1 heterocycles. The van der Waals surface area contributed by atoms with E-state index in [1.165, 1.54) is 4.90 Å². The van der Waals surface area contributed by atoms with Crippen LogP contribution in [-0.2, 0) is 14.4 Å². The summed E-state index contributed by atoms with van der Waals surface area (Å²) in [7, 11) is 3.28. The molecule has 1 atom stereocenters. The van der Waals surface area contributed by atoms with Gasteiger partial charge in [-0.15, -0.1) is 0 Å². The van der Waals surface area contributed by atoms with Gasteiger partial charge in [-0.1, -0.05) is 13.8 Å². The van der Waals surface area contributed by atoms with Crippen LogP contribution in [0.25, 0.3) is 0 Å². The lowest BCUT2D eigenvalue weighted by atomic mass is 10.0. The fraction of sp³-hybridized carbons (Fsp3) is 0.524. The molecule has 0 aliphatic carbocycles. The van der Waals surface area contributed by atoms with E-state index < -0.39 is 17.9 Å². The molecule has 0 saturated carbocycles. The Labute approximate surface area is 171 Å². The highest BCUT2D eigenvalue weighted by molar-refractivity contribution is 5.99. The van der Waals surface area contributed by atoms with Gasteiger partial charge in [-0.2, -0.15) is 0 Å². The van der Waals surface area contributed by atoms with E-state index in [9.17, 15) is 19.2 Å². The largest absolute Gasteiger partial charge is 0.347 e. The van der Waals surface area contributed by atoms with E-state index in [0.717, 1.165) is 12.1 Å². The number of nitrogens with one attached hydrogen (secondary N) is 2. The van der Waals surface area contributed by atoms with Crippen molar-refractivity contribution >= 4 is 29.3 Å². The maximum absolute atomic E-state index is 12.3. The maximum Gasteiger partial charge on any atom is 0.251 e. The Morgan fingerprint density at radius 1 is 1.14 bits per heavy atom. The van der Waals surface area contributed by atoms with Crippen molar-refractivity contribution in [1.82, 2.24) is 15.5 Å². The van der Waals surface area contributed by atoms with Crippen LogP contribution >= 0.6 is 0 Å². The number of benzene rings is 1. The van der Waals surface area contributed by atoms with Crippen molar-refractivity contribution in [2.24, 2.45) is 5.92 Å². The average Bonchev–Trinajstić information content (AvgIpc) is 3.10. The predicted octanol–water partition coefficient (Wildman–Crippen LogP) is 1.16. The first kappa shape index (κ1) is 22.4. The van der Waals surface area contributed by atoms with Crippen LogP contribution in [0.3, 0.4) is 0 Å². The molecule has 8 nitrogen and oxygen atoms in total. The zero-order valence-corrected chi connectivity index (χ0v) is 17.5. The van der Waals surface area contributed by atoms with E-state index >= 15 is 0 Å². The number of hydrogen-bond donors (Lipinski definition) is 2. The van der Waals surface area contributed by atoms with Crippen molar-refractivity contribution in [1.29, 1.82) is 0 Å². The summed E-state index contributed by atoms with van der Waals surface area (Å²) in [5.41, 5.74) is 1.16. The second-order valence-corrected chi connectivity index (χ2v) is 7.86. The number of nitrogens with zero attached hydrogens (tertiary/aromatic N) is 2. The molecule has 29 heavy (non-hydrogen) atoms. The van der Waals surface area contributed by atoms with E-state index in [1.807, 2.05) is 13.8 Å². The molecular formula is C21H30N4O4. The van der Waals surface area contributed by atoms with Crippen LogP contribution in [0.2, 0.25) is 0 Å². The Morgan fingerprint density at radius 2 is 1.79 bits per heavy atom. The molecule has 2 rings (SSSR count). The first-order valence-electron chi connectivity index (χ1n) is 9.88. The SMILES string of the molecule is CC(C)C[C@H](NC(=O)CNC(=O)c1ccc(N2CCCC2=O)cc1)C(=O)N(C)C. The van der Waals surface area contributed by atoms with Gasteiger partial charge in [-0.3, -0.25) is 19.2 Å². The highest BCUT2D eigenvalue weighted by atomic mass is 16.2. The minimum Gasteiger partial charge on any atom is -0.347 e. The average molecular weight is 402 g/mol. The summed E-state index contributed by atoms with van der Waals surface area (Å²) in [5, 5.41) is 5.27. The third-order valence-corrected chi connectivity index (χ3v) is 4.71. The predicted molar refractivity (Wildman–Crippen MR) is 110 cm³/mol. The summed E-state index contributed by atoms with van der Waals surface area (Å²) < 4.78 is 0. The summed E-state index contributed by atoms with van der Waals surface area (Å²) >= 11 is 0. The van der Waals surface area contributed by atoms with Crippen LogP contribution in [0, 0.1) is 5.92 Å². The van der Waals surface area contributed by atoms with Crippen LogP contribution in [0.1, 0.15) is 43.5 Å². The molecule has 0 radical (unpaired) electrons. The molecule has 0 spiro atoms. The summed E-state index contributed by atoms with van der Waals surface area (Å²) in [6.45, 7) is 4.42. The van der Waals surface area contributed by atoms with Crippen molar-refractivity contribution in [2.45, 2.75) is 39.2 Å². The Hall–Kier alpha value is -2.90. The second-order valence-electron chi connectivity index (χ2n) is 7.86. The molecule has 8 heteroatoms. The normalized spacial score (nSPS) is 14.7. The topological polar surface area (TPSA) is 98.8 Å². The lowest BCUT2D eigenvalue weighted by Crippen LogP contribution is -2.49. The summed E-state index contributed by atoms with van der Waals surface area (Å²) in [6, 6.07) is 6.10. The van der Waals surface area contributed by atoms with Gasteiger partial charge < -0.3 is 20.4 Å². The molecule has 2 N–H and O–H groups in total. The van der Waals surface area contributed by atoms with Crippen molar-refractivity contribution < 1.29 is 19.2 Å². The smallest absolute Gasteiger partial charge is 0.251 e. The highest BCUT2D eigenvalue weighted by Crippen LogP contribution is 2.21. The second kappa shape index (κ2) is 10.0. The van der Waals surface area contributed by atoms with Crippen molar-refractivity contribution in [3.8, 4) is 0 Å². The van der Waals surface area contributed by atoms with E-state index in [4.69, 9.17) is 0 Å². The molecule has 0 bridgehead atoms. The van der Waals surface area contributed by atoms with Crippen LogP contribution in [0.5, 0.6) is 0 Å².